The van der Waals surface area contributed by atoms with Crippen LogP contribution in [0.4, 0.5) is 0 Å². The number of thiocarbonyl (C=S) groups is 1. The van der Waals surface area contributed by atoms with Gasteiger partial charge in [0.15, 0.2) is 5.11 Å². The smallest absolute Gasteiger partial charge is 0.169 e. The van der Waals surface area contributed by atoms with E-state index in [-0.39, 0.29) is 6.04 Å². The second-order valence-electron chi connectivity index (χ2n) is 5.79. The Hall–Kier alpha value is -0.350. The maximum Gasteiger partial charge on any atom is 0.169 e. The normalized spacial score (nSPS) is 18.1. The van der Waals surface area contributed by atoms with Gasteiger partial charge in [0, 0.05) is 25.7 Å². The topological polar surface area (TPSA) is 24.5 Å². The van der Waals surface area contributed by atoms with Crippen LogP contribution in [-0.4, -0.2) is 42.4 Å². The number of rotatable bonds is 6. The lowest BCUT2D eigenvalue weighted by atomic mass is 10.1. The molecule has 1 aliphatic carbocycles. The lowest BCUT2D eigenvalue weighted by Crippen LogP contribution is -2.50. The largest absolute Gasteiger partial charge is 0.383 e. The number of nitrogens with zero attached hydrogens (tertiary/aromatic N) is 1. The number of hydrogen-bond acceptors (Lipinski definition) is 2. The highest BCUT2D eigenvalue weighted by Crippen LogP contribution is 2.24. The lowest BCUT2D eigenvalue weighted by molar-refractivity contribution is 0.176. The fourth-order valence-corrected chi connectivity index (χ4v) is 3.02. The summed E-state index contributed by atoms with van der Waals surface area (Å²) in [5, 5.41) is 4.30. The molecule has 0 aliphatic heterocycles. The molecule has 4 heteroatoms. The Morgan fingerprint density at radius 3 is 2.44 bits per heavy atom. The van der Waals surface area contributed by atoms with Gasteiger partial charge in [0.25, 0.3) is 0 Å². The quantitative estimate of drug-likeness (QED) is 0.752. The summed E-state index contributed by atoms with van der Waals surface area (Å²) in [6, 6.07) is 0.917. The molecule has 1 unspecified atom stereocenters. The summed E-state index contributed by atoms with van der Waals surface area (Å²) in [6.07, 6.45) is 5.26. The SMILES string of the molecule is COCC(C)NC(=S)N(CC(C)C)C1CCCC1. The zero-order valence-corrected chi connectivity index (χ0v) is 13.1. The molecule has 18 heavy (non-hydrogen) atoms. The van der Waals surface area contributed by atoms with Gasteiger partial charge in [0.2, 0.25) is 0 Å². The van der Waals surface area contributed by atoms with Crippen LogP contribution in [0, 0.1) is 5.92 Å². The highest BCUT2D eigenvalue weighted by Gasteiger charge is 2.25. The third-order valence-corrected chi connectivity index (χ3v) is 3.73. The summed E-state index contributed by atoms with van der Waals surface area (Å²) < 4.78 is 5.15. The molecular formula is C14H28N2OS. The van der Waals surface area contributed by atoms with Crippen LogP contribution in [0.5, 0.6) is 0 Å². The van der Waals surface area contributed by atoms with Crippen LogP contribution in [0.25, 0.3) is 0 Å². The highest BCUT2D eigenvalue weighted by molar-refractivity contribution is 7.80. The monoisotopic (exact) mass is 272 g/mol. The van der Waals surface area contributed by atoms with E-state index < -0.39 is 0 Å². The van der Waals surface area contributed by atoms with Crippen molar-refractivity contribution in [2.75, 3.05) is 20.3 Å². The Kier molecular flexibility index (Phi) is 6.94. The zero-order chi connectivity index (χ0) is 13.5. The fraction of sp³-hybridized carbons (Fsp3) is 0.929. The van der Waals surface area contributed by atoms with Crippen LogP contribution >= 0.6 is 12.2 Å². The van der Waals surface area contributed by atoms with E-state index in [4.69, 9.17) is 17.0 Å². The van der Waals surface area contributed by atoms with Gasteiger partial charge in [-0.15, -0.1) is 0 Å². The van der Waals surface area contributed by atoms with Gasteiger partial charge < -0.3 is 15.0 Å². The molecule has 1 aliphatic rings. The van der Waals surface area contributed by atoms with Gasteiger partial charge in [-0.3, -0.25) is 0 Å². The molecule has 1 rings (SSSR count). The van der Waals surface area contributed by atoms with Crippen LogP contribution in [0.2, 0.25) is 0 Å². The molecule has 0 aromatic carbocycles. The number of hydrogen-bond donors (Lipinski definition) is 1. The predicted octanol–water partition coefficient (Wildman–Crippen LogP) is 2.80. The molecule has 1 N–H and O–H groups in total. The first-order valence-corrected chi connectivity index (χ1v) is 7.51. The molecule has 0 heterocycles. The highest BCUT2D eigenvalue weighted by atomic mass is 32.1. The minimum atomic E-state index is 0.276. The van der Waals surface area contributed by atoms with Crippen molar-refractivity contribution in [2.24, 2.45) is 5.92 Å². The van der Waals surface area contributed by atoms with Gasteiger partial charge in [-0.1, -0.05) is 26.7 Å². The van der Waals surface area contributed by atoms with E-state index >= 15 is 0 Å². The van der Waals surface area contributed by atoms with E-state index in [1.807, 2.05) is 0 Å². The van der Waals surface area contributed by atoms with E-state index in [2.05, 4.69) is 31.0 Å². The lowest BCUT2D eigenvalue weighted by Gasteiger charge is -2.34. The summed E-state index contributed by atoms with van der Waals surface area (Å²) in [4.78, 5) is 2.40. The van der Waals surface area contributed by atoms with E-state index in [0.717, 1.165) is 11.7 Å². The molecule has 3 nitrogen and oxygen atoms in total. The average Bonchev–Trinajstić information content (AvgIpc) is 2.78. The fourth-order valence-electron chi connectivity index (χ4n) is 2.59. The van der Waals surface area contributed by atoms with Crippen molar-refractivity contribution in [2.45, 2.75) is 58.5 Å². The van der Waals surface area contributed by atoms with Gasteiger partial charge in [0.1, 0.15) is 0 Å². The minimum absolute atomic E-state index is 0.276. The van der Waals surface area contributed by atoms with Crippen LogP contribution < -0.4 is 5.32 Å². The Morgan fingerprint density at radius 1 is 1.33 bits per heavy atom. The molecule has 1 atom stereocenters. The number of nitrogens with one attached hydrogen (secondary N) is 1. The maximum atomic E-state index is 5.58. The molecular weight excluding hydrogens is 244 g/mol. The first-order valence-electron chi connectivity index (χ1n) is 7.10. The van der Waals surface area contributed by atoms with Gasteiger partial charge in [-0.2, -0.15) is 0 Å². The minimum Gasteiger partial charge on any atom is -0.383 e. The van der Waals surface area contributed by atoms with Crippen molar-refractivity contribution in [3.05, 3.63) is 0 Å². The second kappa shape index (κ2) is 7.95. The molecule has 0 aromatic rings. The molecule has 0 amide bonds. The molecule has 106 valence electrons. The molecule has 1 fully saturated rings. The zero-order valence-electron chi connectivity index (χ0n) is 12.2. The Morgan fingerprint density at radius 2 is 1.94 bits per heavy atom. The van der Waals surface area contributed by atoms with Crippen molar-refractivity contribution >= 4 is 17.3 Å². The molecule has 0 aromatic heterocycles. The van der Waals surface area contributed by atoms with Crippen molar-refractivity contribution in [3.63, 3.8) is 0 Å². The Bertz CT molecular complexity index is 252. The van der Waals surface area contributed by atoms with Crippen molar-refractivity contribution < 1.29 is 4.74 Å². The van der Waals surface area contributed by atoms with Gasteiger partial charge >= 0.3 is 0 Å². The summed E-state index contributed by atoms with van der Waals surface area (Å²) in [5.74, 6) is 0.642. The van der Waals surface area contributed by atoms with E-state index in [0.29, 0.717) is 18.6 Å². The standard InChI is InChI=1S/C14H28N2OS/c1-11(2)9-16(13-7-5-6-8-13)14(18)15-12(3)10-17-4/h11-13H,5-10H2,1-4H3,(H,15,18). The van der Waals surface area contributed by atoms with Crippen molar-refractivity contribution in [3.8, 4) is 0 Å². The number of methoxy groups -OCH3 is 1. The molecule has 0 spiro atoms. The van der Waals surface area contributed by atoms with Crippen LogP contribution in [0.3, 0.4) is 0 Å². The molecule has 0 bridgehead atoms. The summed E-state index contributed by atoms with van der Waals surface area (Å²) in [6.45, 7) is 8.36. The summed E-state index contributed by atoms with van der Waals surface area (Å²) >= 11 is 5.58. The third-order valence-electron chi connectivity index (χ3n) is 3.37. The first kappa shape index (κ1) is 15.7. The molecule has 0 radical (unpaired) electrons. The molecule has 1 saturated carbocycles. The first-order chi connectivity index (χ1) is 8.54. The Balaban J connectivity index is 2.54. The van der Waals surface area contributed by atoms with Gasteiger partial charge in [-0.05, 0) is 37.9 Å². The van der Waals surface area contributed by atoms with Gasteiger partial charge in [0.05, 0.1) is 6.61 Å². The summed E-state index contributed by atoms with van der Waals surface area (Å²) in [7, 11) is 1.73. The van der Waals surface area contributed by atoms with Crippen molar-refractivity contribution in [1.29, 1.82) is 0 Å². The van der Waals surface area contributed by atoms with Crippen LogP contribution in [-0.2, 0) is 4.74 Å². The number of ether oxygens (including phenoxy) is 1. The maximum absolute atomic E-state index is 5.58. The summed E-state index contributed by atoms with van der Waals surface area (Å²) in [5.41, 5.74) is 0. The van der Waals surface area contributed by atoms with Crippen LogP contribution in [0.15, 0.2) is 0 Å². The third kappa shape index (κ3) is 5.11. The Labute approximate surface area is 117 Å². The van der Waals surface area contributed by atoms with Gasteiger partial charge in [-0.25, -0.2) is 0 Å². The average molecular weight is 272 g/mol. The van der Waals surface area contributed by atoms with E-state index in [1.54, 1.807) is 7.11 Å². The van der Waals surface area contributed by atoms with Crippen molar-refractivity contribution in [1.82, 2.24) is 10.2 Å². The predicted molar refractivity (Wildman–Crippen MR) is 80.9 cm³/mol. The van der Waals surface area contributed by atoms with Crippen LogP contribution in [0.1, 0.15) is 46.5 Å². The van der Waals surface area contributed by atoms with E-state index in [9.17, 15) is 0 Å². The van der Waals surface area contributed by atoms with E-state index in [1.165, 1.54) is 25.7 Å². The molecule has 0 saturated heterocycles. The second-order valence-corrected chi connectivity index (χ2v) is 6.18.